The van der Waals surface area contributed by atoms with Gasteiger partial charge in [-0.25, -0.2) is 9.97 Å². The van der Waals surface area contributed by atoms with Gasteiger partial charge in [-0.15, -0.1) is 0 Å². The Morgan fingerprint density at radius 3 is 2.83 bits per heavy atom. The van der Waals surface area contributed by atoms with E-state index < -0.39 is 0 Å². The van der Waals surface area contributed by atoms with Crippen molar-refractivity contribution in [3.8, 4) is 11.8 Å². The molecule has 0 N–H and O–H groups in total. The van der Waals surface area contributed by atoms with E-state index in [9.17, 15) is 4.79 Å². The average molecular weight is 318 g/mol. The summed E-state index contributed by atoms with van der Waals surface area (Å²) in [5.41, 5.74) is 0.320. The molecule has 1 amide bonds. The van der Waals surface area contributed by atoms with Gasteiger partial charge in [-0.2, -0.15) is 0 Å². The molecular formula is C15H18N4O4. The highest BCUT2D eigenvalue weighted by molar-refractivity contribution is 5.92. The number of piperidine rings is 1. The standard InChI is InChI=1S/C15H18N4O4/c1-10-8-12(18-23-10)15(20)19-7-3-4-11(9-19)22-14-13(21-2)16-5-6-17-14/h5-6,8,11H,3-4,7,9H2,1-2H3/t11-/m0/s1. The molecule has 0 unspecified atom stereocenters. The Kier molecular flexibility index (Phi) is 4.40. The molecule has 1 aliphatic rings. The van der Waals surface area contributed by atoms with Gasteiger partial charge in [-0.05, 0) is 19.8 Å². The first kappa shape index (κ1) is 15.3. The van der Waals surface area contributed by atoms with Gasteiger partial charge in [0.2, 0.25) is 0 Å². The SMILES string of the molecule is COc1nccnc1O[C@H]1CCCN(C(=O)c2cc(C)on2)C1. The summed E-state index contributed by atoms with van der Waals surface area (Å²) in [6.45, 7) is 2.89. The molecule has 2 aromatic rings. The Morgan fingerprint density at radius 1 is 1.35 bits per heavy atom. The number of methoxy groups -OCH3 is 1. The summed E-state index contributed by atoms with van der Waals surface area (Å²) in [5, 5.41) is 3.78. The first-order valence-electron chi connectivity index (χ1n) is 7.41. The van der Waals surface area contributed by atoms with Crippen LogP contribution in [0.25, 0.3) is 0 Å². The highest BCUT2D eigenvalue weighted by Gasteiger charge is 2.28. The number of aryl methyl sites for hydroxylation is 1. The molecular weight excluding hydrogens is 300 g/mol. The first-order valence-corrected chi connectivity index (χ1v) is 7.41. The van der Waals surface area contributed by atoms with E-state index in [1.54, 1.807) is 24.1 Å². The average Bonchev–Trinajstić information content (AvgIpc) is 3.01. The lowest BCUT2D eigenvalue weighted by Crippen LogP contribution is -2.44. The second-order valence-electron chi connectivity index (χ2n) is 5.33. The fraction of sp³-hybridized carbons (Fsp3) is 0.467. The van der Waals surface area contributed by atoms with Gasteiger partial charge in [0.1, 0.15) is 11.9 Å². The zero-order valence-corrected chi connectivity index (χ0v) is 13.1. The maximum atomic E-state index is 12.4. The highest BCUT2D eigenvalue weighted by Crippen LogP contribution is 2.24. The molecule has 0 aromatic carbocycles. The Morgan fingerprint density at radius 2 is 2.13 bits per heavy atom. The molecule has 122 valence electrons. The lowest BCUT2D eigenvalue weighted by molar-refractivity contribution is 0.0510. The Bertz CT molecular complexity index is 688. The predicted octanol–water partition coefficient (Wildman–Crippen LogP) is 1.47. The number of hydrogen-bond acceptors (Lipinski definition) is 7. The minimum absolute atomic E-state index is 0.152. The number of carbonyl (C=O) groups is 1. The van der Waals surface area contributed by atoms with E-state index in [4.69, 9.17) is 14.0 Å². The molecule has 3 heterocycles. The van der Waals surface area contributed by atoms with Crippen molar-refractivity contribution in [2.24, 2.45) is 0 Å². The zero-order chi connectivity index (χ0) is 16.2. The third kappa shape index (κ3) is 3.41. The smallest absolute Gasteiger partial charge is 0.278 e. The van der Waals surface area contributed by atoms with Crippen molar-refractivity contribution in [1.82, 2.24) is 20.0 Å². The van der Waals surface area contributed by atoms with Gasteiger partial charge in [-0.3, -0.25) is 4.79 Å². The largest absolute Gasteiger partial charge is 0.477 e. The van der Waals surface area contributed by atoms with E-state index in [1.165, 1.54) is 13.3 Å². The number of ether oxygens (including phenoxy) is 2. The first-order chi connectivity index (χ1) is 11.2. The fourth-order valence-corrected chi connectivity index (χ4v) is 2.54. The monoisotopic (exact) mass is 318 g/mol. The van der Waals surface area contributed by atoms with Gasteiger partial charge < -0.3 is 18.9 Å². The van der Waals surface area contributed by atoms with Gasteiger partial charge in [-0.1, -0.05) is 5.16 Å². The van der Waals surface area contributed by atoms with Crippen LogP contribution in [0.1, 0.15) is 29.1 Å². The molecule has 1 aliphatic heterocycles. The summed E-state index contributed by atoms with van der Waals surface area (Å²) >= 11 is 0. The summed E-state index contributed by atoms with van der Waals surface area (Å²) in [6.07, 6.45) is 4.60. The van der Waals surface area contributed by atoms with Crippen molar-refractivity contribution in [3.63, 3.8) is 0 Å². The third-order valence-electron chi connectivity index (χ3n) is 3.62. The van der Waals surface area contributed by atoms with Crippen molar-refractivity contribution in [3.05, 3.63) is 29.9 Å². The molecule has 1 fully saturated rings. The molecule has 23 heavy (non-hydrogen) atoms. The normalized spacial score (nSPS) is 17.8. The van der Waals surface area contributed by atoms with Crippen molar-refractivity contribution in [2.45, 2.75) is 25.9 Å². The Labute approximate surface area is 133 Å². The number of likely N-dealkylation sites (tertiary alicyclic amines) is 1. The summed E-state index contributed by atoms with van der Waals surface area (Å²) in [7, 11) is 1.51. The second-order valence-corrected chi connectivity index (χ2v) is 5.33. The molecule has 1 saturated heterocycles. The van der Waals surface area contributed by atoms with E-state index >= 15 is 0 Å². The van der Waals surface area contributed by atoms with Gasteiger partial charge in [0.25, 0.3) is 17.7 Å². The van der Waals surface area contributed by atoms with Crippen LogP contribution >= 0.6 is 0 Å². The number of rotatable bonds is 4. The summed E-state index contributed by atoms with van der Waals surface area (Å²) in [4.78, 5) is 22.3. The van der Waals surface area contributed by atoms with Crippen molar-refractivity contribution in [1.29, 1.82) is 0 Å². The lowest BCUT2D eigenvalue weighted by atomic mass is 10.1. The van der Waals surface area contributed by atoms with Gasteiger partial charge >= 0.3 is 0 Å². The predicted molar refractivity (Wildman–Crippen MR) is 79.4 cm³/mol. The molecule has 0 radical (unpaired) electrons. The molecule has 8 heteroatoms. The molecule has 0 saturated carbocycles. The third-order valence-corrected chi connectivity index (χ3v) is 3.62. The number of aromatic nitrogens is 3. The molecule has 0 spiro atoms. The van der Waals surface area contributed by atoms with E-state index in [2.05, 4.69) is 15.1 Å². The fourth-order valence-electron chi connectivity index (χ4n) is 2.54. The molecule has 2 aromatic heterocycles. The molecule has 0 bridgehead atoms. The van der Waals surface area contributed by atoms with Crippen LogP contribution in [0.4, 0.5) is 0 Å². The van der Waals surface area contributed by atoms with E-state index in [0.29, 0.717) is 36.3 Å². The van der Waals surface area contributed by atoms with Gasteiger partial charge in [0, 0.05) is 25.0 Å². The van der Waals surface area contributed by atoms with E-state index in [1.807, 2.05) is 0 Å². The van der Waals surface area contributed by atoms with E-state index in [0.717, 1.165) is 12.8 Å². The summed E-state index contributed by atoms with van der Waals surface area (Å²) in [5.74, 6) is 1.14. The van der Waals surface area contributed by atoms with Crippen molar-refractivity contribution < 1.29 is 18.8 Å². The zero-order valence-electron chi connectivity index (χ0n) is 13.1. The number of carbonyl (C=O) groups excluding carboxylic acids is 1. The van der Waals surface area contributed by atoms with Crippen LogP contribution in [0.2, 0.25) is 0 Å². The maximum Gasteiger partial charge on any atom is 0.278 e. The minimum atomic E-state index is -0.161. The molecule has 1 atom stereocenters. The van der Waals surface area contributed by atoms with Crippen LogP contribution in [-0.4, -0.2) is 52.2 Å². The number of nitrogens with zero attached hydrogens (tertiary/aromatic N) is 4. The van der Waals surface area contributed by atoms with E-state index in [-0.39, 0.29) is 12.0 Å². The van der Waals surface area contributed by atoms with Crippen molar-refractivity contribution >= 4 is 5.91 Å². The van der Waals surface area contributed by atoms with Crippen LogP contribution in [0.3, 0.4) is 0 Å². The van der Waals surface area contributed by atoms with Gasteiger partial charge in [0.15, 0.2) is 5.69 Å². The molecule has 0 aliphatic carbocycles. The molecule has 8 nitrogen and oxygen atoms in total. The van der Waals surface area contributed by atoms with Crippen molar-refractivity contribution in [2.75, 3.05) is 20.2 Å². The number of amides is 1. The second kappa shape index (κ2) is 6.64. The summed E-state index contributed by atoms with van der Waals surface area (Å²) in [6, 6.07) is 1.64. The van der Waals surface area contributed by atoms with Crippen LogP contribution in [-0.2, 0) is 0 Å². The quantitative estimate of drug-likeness (QED) is 0.843. The Balaban J connectivity index is 1.67. The molecule has 3 rings (SSSR count). The maximum absolute atomic E-state index is 12.4. The van der Waals surface area contributed by atoms with Crippen LogP contribution in [0, 0.1) is 6.92 Å². The summed E-state index contributed by atoms with van der Waals surface area (Å²) < 4.78 is 16.0. The van der Waals surface area contributed by atoms with Gasteiger partial charge in [0.05, 0.1) is 13.7 Å². The topological polar surface area (TPSA) is 90.6 Å². The number of hydrogen-bond donors (Lipinski definition) is 0. The Hall–Kier alpha value is -2.64. The highest BCUT2D eigenvalue weighted by atomic mass is 16.5. The minimum Gasteiger partial charge on any atom is -0.477 e. The van der Waals surface area contributed by atoms with Crippen LogP contribution in [0.5, 0.6) is 11.8 Å². The van der Waals surface area contributed by atoms with Crippen LogP contribution in [0.15, 0.2) is 23.0 Å². The van der Waals surface area contributed by atoms with Crippen LogP contribution < -0.4 is 9.47 Å². The lowest BCUT2D eigenvalue weighted by Gasteiger charge is -2.32.